The van der Waals surface area contributed by atoms with Crippen molar-refractivity contribution in [2.24, 2.45) is 0 Å². The van der Waals surface area contributed by atoms with E-state index >= 15 is 0 Å². The van der Waals surface area contributed by atoms with Gasteiger partial charge in [-0.2, -0.15) is 0 Å². The third-order valence-corrected chi connectivity index (χ3v) is 5.29. The molecule has 0 bridgehead atoms. The Balaban J connectivity index is 1.45. The number of hydrogen-bond acceptors (Lipinski definition) is 3. The Morgan fingerprint density at radius 2 is 1.36 bits per heavy atom. The molecule has 0 atom stereocenters. The second kappa shape index (κ2) is 8.76. The summed E-state index contributed by atoms with van der Waals surface area (Å²) in [5.41, 5.74) is 2.73. The number of nitrogens with one attached hydrogen (secondary N) is 2. The molecule has 2 amide bonds. The van der Waals surface area contributed by atoms with E-state index in [2.05, 4.69) is 41.8 Å². The third-order valence-electron chi connectivity index (χ3n) is 5.03. The minimum atomic E-state index is -0.189. The molecule has 0 unspecified atom stereocenters. The fourth-order valence-corrected chi connectivity index (χ4v) is 3.55. The lowest BCUT2D eigenvalue weighted by molar-refractivity contribution is 0.0927. The van der Waals surface area contributed by atoms with Crippen LogP contribution in [0.3, 0.4) is 0 Å². The molecule has 148 valence electrons. The Labute approximate surface area is 171 Å². The van der Waals surface area contributed by atoms with E-state index < -0.39 is 0 Å². The summed E-state index contributed by atoms with van der Waals surface area (Å²) in [5.74, 6) is -0.323. The highest BCUT2D eigenvalue weighted by Crippen LogP contribution is 2.48. The molecule has 2 aromatic carbocycles. The van der Waals surface area contributed by atoms with Crippen molar-refractivity contribution >= 4 is 23.4 Å². The molecule has 1 aliphatic rings. The van der Waals surface area contributed by atoms with Crippen LogP contribution in [0.15, 0.2) is 48.5 Å². The normalized spacial score (nSPS) is 14.6. The topological polar surface area (TPSA) is 61.4 Å². The Hall–Kier alpha value is -2.37. The van der Waals surface area contributed by atoms with Gasteiger partial charge in [0.25, 0.3) is 11.8 Å². The first-order valence-corrected chi connectivity index (χ1v) is 9.85. The van der Waals surface area contributed by atoms with Crippen molar-refractivity contribution in [3.8, 4) is 0 Å². The molecule has 0 aromatic heterocycles. The zero-order chi connectivity index (χ0) is 20.1. The van der Waals surface area contributed by atoms with Gasteiger partial charge in [0.1, 0.15) is 0 Å². The quantitative estimate of drug-likeness (QED) is 0.670. The zero-order valence-corrected chi connectivity index (χ0v) is 17.1. The smallest absolute Gasteiger partial charge is 0.251 e. The molecule has 28 heavy (non-hydrogen) atoms. The standard InChI is InChI=1S/C22H26ClN3O2/c1-26(2)15-22(11-12-22)18-7-3-16(4-8-18)20(27)24-13-14-25-21(28)17-5-9-19(23)10-6-17/h3-10H,11-15H2,1-2H3,(H,24,27)(H,25,28). The fourth-order valence-electron chi connectivity index (χ4n) is 3.43. The molecule has 2 N–H and O–H groups in total. The lowest BCUT2D eigenvalue weighted by atomic mass is 9.94. The molecule has 6 heteroatoms. The van der Waals surface area contributed by atoms with Crippen LogP contribution in [-0.2, 0) is 5.41 Å². The lowest BCUT2D eigenvalue weighted by Gasteiger charge is -2.20. The Kier molecular flexibility index (Phi) is 6.37. The van der Waals surface area contributed by atoms with Gasteiger partial charge in [-0.25, -0.2) is 0 Å². The average Bonchev–Trinajstić information content (AvgIpc) is 3.45. The van der Waals surface area contributed by atoms with Gasteiger partial charge >= 0.3 is 0 Å². The number of rotatable bonds is 8. The predicted molar refractivity (Wildman–Crippen MR) is 112 cm³/mol. The van der Waals surface area contributed by atoms with Gasteiger partial charge in [0.05, 0.1) is 0 Å². The van der Waals surface area contributed by atoms with Crippen LogP contribution < -0.4 is 10.6 Å². The first-order valence-electron chi connectivity index (χ1n) is 9.47. The summed E-state index contributed by atoms with van der Waals surface area (Å²) >= 11 is 5.81. The number of likely N-dealkylation sites (N-methyl/N-ethyl adjacent to an activating group) is 1. The van der Waals surface area contributed by atoms with Gasteiger partial charge in [0.2, 0.25) is 0 Å². The van der Waals surface area contributed by atoms with E-state index in [1.165, 1.54) is 18.4 Å². The first kappa shape index (κ1) is 20.4. The largest absolute Gasteiger partial charge is 0.350 e. The highest BCUT2D eigenvalue weighted by atomic mass is 35.5. The maximum absolute atomic E-state index is 12.3. The van der Waals surface area contributed by atoms with Gasteiger partial charge < -0.3 is 15.5 Å². The van der Waals surface area contributed by atoms with Crippen molar-refractivity contribution in [2.45, 2.75) is 18.3 Å². The summed E-state index contributed by atoms with van der Waals surface area (Å²) < 4.78 is 0. The maximum atomic E-state index is 12.3. The van der Waals surface area contributed by atoms with Crippen molar-refractivity contribution in [1.82, 2.24) is 15.5 Å². The molecule has 0 aliphatic heterocycles. The summed E-state index contributed by atoms with van der Waals surface area (Å²) in [5, 5.41) is 6.20. The van der Waals surface area contributed by atoms with E-state index in [9.17, 15) is 9.59 Å². The van der Waals surface area contributed by atoms with Crippen molar-refractivity contribution in [2.75, 3.05) is 33.7 Å². The molecule has 3 rings (SSSR count). The van der Waals surface area contributed by atoms with Crippen LogP contribution in [0.1, 0.15) is 39.1 Å². The fraction of sp³-hybridized carbons (Fsp3) is 0.364. The zero-order valence-electron chi connectivity index (χ0n) is 16.3. The Morgan fingerprint density at radius 3 is 1.79 bits per heavy atom. The highest BCUT2D eigenvalue weighted by Gasteiger charge is 2.44. The SMILES string of the molecule is CN(C)CC1(c2ccc(C(=O)NCCNC(=O)c3ccc(Cl)cc3)cc2)CC1. The van der Waals surface area contributed by atoms with E-state index in [1.54, 1.807) is 24.3 Å². The molecule has 0 spiro atoms. The Bertz CT molecular complexity index is 828. The van der Waals surface area contributed by atoms with E-state index in [0.717, 1.165) is 6.54 Å². The number of amides is 2. The van der Waals surface area contributed by atoms with E-state index in [-0.39, 0.29) is 17.2 Å². The molecular formula is C22H26ClN3O2. The number of carbonyl (C=O) groups is 2. The van der Waals surface area contributed by atoms with Crippen molar-refractivity contribution in [1.29, 1.82) is 0 Å². The number of carbonyl (C=O) groups excluding carboxylic acids is 2. The van der Waals surface area contributed by atoms with Crippen molar-refractivity contribution in [3.05, 3.63) is 70.2 Å². The van der Waals surface area contributed by atoms with Crippen LogP contribution in [0.25, 0.3) is 0 Å². The molecular weight excluding hydrogens is 374 g/mol. The first-order chi connectivity index (χ1) is 13.4. The van der Waals surface area contributed by atoms with Crippen LogP contribution >= 0.6 is 11.6 Å². The molecule has 0 radical (unpaired) electrons. The Morgan fingerprint density at radius 1 is 0.893 bits per heavy atom. The summed E-state index contributed by atoms with van der Waals surface area (Å²) in [4.78, 5) is 26.5. The molecule has 2 aromatic rings. The minimum Gasteiger partial charge on any atom is -0.350 e. The van der Waals surface area contributed by atoms with Gasteiger partial charge in [-0.05, 0) is 68.9 Å². The van der Waals surface area contributed by atoms with Crippen LogP contribution in [0, 0.1) is 0 Å². The molecule has 0 saturated heterocycles. The molecule has 5 nitrogen and oxygen atoms in total. The van der Waals surface area contributed by atoms with Crippen LogP contribution in [-0.4, -0.2) is 50.4 Å². The maximum Gasteiger partial charge on any atom is 0.251 e. The minimum absolute atomic E-state index is 0.134. The predicted octanol–water partition coefficient (Wildman–Crippen LogP) is 3.09. The van der Waals surface area contributed by atoms with Crippen LogP contribution in [0.2, 0.25) is 5.02 Å². The number of halogens is 1. The molecule has 1 saturated carbocycles. The van der Waals surface area contributed by atoms with E-state index in [0.29, 0.717) is 29.2 Å². The third kappa shape index (κ3) is 5.12. The van der Waals surface area contributed by atoms with Crippen molar-refractivity contribution < 1.29 is 9.59 Å². The average molecular weight is 400 g/mol. The monoisotopic (exact) mass is 399 g/mol. The van der Waals surface area contributed by atoms with Gasteiger partial charge in [-0.15, -0.1) is 0 Å². The summed E-state index contributed by atoms with van der Waals surface area (Å²) in [6.07, 6.45) is 2.40. The van der Waals surface area contributed by atoms with Gasteiger partial charge in [-0.3, -0.25) is 9.59 Å². The van der Waals surface area contributed by atoms with Crippen LogP contribution in [0.5, 0.6) is 0 Å². The van der Waals surface area contributed by atoms with E-state index in [1.807, 2.05) is 12.1 Å². The second-order valence-electron chi connectivity index (χ2n) is 7.61. The van der Waals surface area contributed by atoms with Crippen molar-refractivity contribution in [3.63, 3.8) is 0 Å². The number of benzene rings is 2. The van der Waals surface area contributed by atoms with Crippen LogP contribution in [0.4, 0.5) is 0 Å². The van der Waals surface area contributed by atoms with E-state index in [4.69, 9.17) is 11.6 Å². The van der Waals surface area contributed by atoms with Gasteiger partial charge in [0.15, 0.2) is 0 Å². The summed E-state index contributed by atoms with van der Waals surface area (Å²) in [6, 6.07) is 14.6. The molecule has 1 fully saturated rings. The number of nitrogens with zero attached hydrogens (tertiary/aromatic N) is 1. The highest BCUT2D eigenvalue weighted by molar-refractivity contribution is 6.30. The number of hydrogen-bond donors (Lipinski definition) is 2. The van der Waals surface area contributed by atoms with Gasteiger partial charge in [0, 0.05) is 41.2 Å². The summed E-state index contributed by atoms with van der Waals surface area (Å²) in [6.45, 7) is 1.76. The van der Waals surface area contributed by atoms with Gasteiger partial charge in [-0.1, -0.05) is 23.7 Å². The second-order valence-corrected chi connectivity index (χ2v) is 8.05. The molecule has 0 heterocycles. The molecule has 1 aliphatic carbocycles. The summed E-state index contributed by atoms with van der Waals surface area (Å²) in [7, 11) is 4.18. The lowest BCUT2D eigenvalue weighted by Crippen LogP contribution is -2.34.